The Morgan fingerprint density at radius 1 is 1.14 bits per heavy atom. The smallest absolute Gasteiger partial charge is 0.150 e. The van der Waals surface area contributed by atoms with Gasteiger partial charge in [-0.15, -0.1) is 0 Å². The molecule has 2 heterocycles. The normalized spacial score (nSPS) is 23.0. The molecule has 3 rings (SSSR count). The SMILES string of the molecule is NC(=S)c1cc(F)c(N2CCCN3CCCC3C2)c(F)c1. The molecule has 0 saturated carbocycles. The summed E-state index contributed by atoms with van der Waals surface area (Å²) in [5.74, 6) is -1.16. The van der Waals surface area contributed by atoms with Crippen molar-refractivity contribution >= 4 is 22.9 Å². The molecule has 0 aliphatic carbocycles. The Balaban J connectivity index is 1.90. The van der Waals surface area contributed by atoms with Gasteiger partial charge in [0.05, 0.1) is 0 Å². The predicted molar refractivity (Wildman–Crippen MR) is 83.7 cm³/mol. The maximum atomic E-state index is 14.3. The number of hydrogen-bond donors (Lipinski definition) is 1. The van der Waals surface area contributed by atoms with Crippen molar-refractivity contribution in [3.8, 4) is 0 Å². The Bertz CT molecular complexity index is 541. The van der Waals surface area contributed by atoms with Crippen molar-refractivity contribution < 1.29 is 8.78 Å². The lowest BCUT2D eigenvalue weighted by Crippen LogP contribution is -2.37. The number of hydrogen-bond acceptors (Lipinski definition) is 3. The number of rotatable bonds is 2. The highest BCUT2D eigenvalue weighted by Gasteiger charge is 2.30. The molecule has 3 nitrogen and oxygen atoms in total. The van der Waals surface area contributed by atoms with E-state index < -0.39 is 11.6 Å². The topological polar surface area (TPSA) is 32.5 Å². The molecule has 2 saturated heterocycles. The zero-order valence-electron chi connectivity index (χ0n) is 11.8. The molecule has 0 amide bonds. The predicted octanol–water partition coefficient (Wildman–Crippen LogP) is 2.27. The van der Waals surface area contributed by atoms with Crippen LogP contribution >= 0.6 is 12.2 Å². The van der Waals surface area contributed by atoms with Gasteiger partial charge >= 0.3 is 0 Å². The Labute approximate surface area is 128 Å². The molecule has 0 aromatic heterocycles. The van der Waals surface area contributed by atoms with Gasteiger partial charge in [0.1, 0.15) is 22.3 Å². The molecule has 2 N–H and O–H groups in total. The third-order valence-electron chi connectivity index (χ3n) is 4.42. The Hall–Kier alpha value is -1.27. The summed E-state index contributed by atoms with van der Waals surface area (Å²) in [5, 5.41) is 0. The van der Waals surface area contributed by atoms with Gasteiger partial charge in [0.15, 0.2) is 0 Å². The molecule has 0 spiro atoms. The molecule has 1 unspecified atom stereocenters. The number of halogens is 2. The van der Waals surface area contributed by atoms with Crippen molar-refractivity contribution in [1.82, 2.24) is 4.90 Å². The third-order valence-corrected chi connectivity index (χ3v) is 4.66. The van der Waals surface area contributed by atoms with Gasteiger partial charge in [-0.05, 0) is 37.9 Å². The molecule has 1 aromatic carbocycles. The van der Waals surface area contributed by atoms with Crippen LogP contribution in [-0.2, 0) is 0 Å². The van der Waals surface area contributed by atoms with Crippen molar-refractivity contribution in [3.63, 3.8) is 0 Å². The van der Waals surface area contributed by atoms with E-state index in [1.54, 1.807) is 0 Å². The van der Waals surface area contributed by atoms with E-state index in [1.807, 2.05) is 4.90 Å². The molecule has 6 heteroatoms. The minimum Gasteiger partial charge on any atom is -0.389 e. The summed E-state index contributed by atoms with van der Waals surface area (Å²) >= 11 is 4.79. The summed E-state index contributed by atoms with van der Waals surface area (Å²) in [6.07, 6.45) is 3.20. The van der Waals surface area contributed by atoms with Crippen LogP contribution in [0.25, 0.3) is 0 Å². The molecule has 0 radical (unpaired) electrons. The van der Waals surface area contributed by atoms with Gasteiger partial charge in [-0.25, -0.2) is 8.78 Å². The molecule has 21 heavy (non-hydrogen) atoms. The fourth-order valence-corrected chi connectivity index (χ4v) is 3.54. The average molecular weight is 311 g/mol. The number of anilines is 1. The molecule has 0 bridgehead atoms. The number of benzene rings is 1. The Morgan fingerprint density at radius 3 is 2.48 bits per heavy atom. The van der Waals surface area contributed by atoms with E-state index in [9.17, 15) is 8.78 Å². The van der Waals surface area contributed by atoms with Crippen molar-refractivity contribution in [2.24, 2.45) is 5.73 Å². The lowest BCUT2D eigenvalue weighted by molar-refractivity contribution is 0.273. The standard InChI is InChI=1S/C15H19F2N3S/c16-12-7-10(15(18)21)8-13(17)14(12)20-6-2-5-19-4-1-3-11(19)9-20/h7-8,11H,1-6,9H2,(H2,18,21). The number of fused-ring (bicyclic) bond motifs is 1. The first kappa shape index (κ1) is 14.7. The third kappa shape index (κ3) is 2.87. The molecular weight excluding hydrogens is 292 g/mol. The quantitative estimate of drug-likeness (QED) is 0.849. The van der Waals surface area contributed by atoms with Crippen LogP contribution in [0.4, 0.5) is 14.5 Å². The molecule has 1 atom stereocenters. The summed E-state index contributed by atoms with van der Waals surface area (Å²) in [5.41, 5.74) is 5.75. The van der Waals surface area contributed by atoms with Crippen molar-refractivity contribution in [3.05, 3.63) is 29.3 Å². The molecule has 2 aliphatic heterocycles. The van der Waals surface area contributed by atoms with Crippen LogP contribution in [0, 0.1) is 11.6 Å². The van der Waals surface area contributed by atoms with Crippen LogP contribution in [-0.4, -0.2) is 42.1 Å². The minimum absolute atomic E-state index is 0.0113. The summed E-state index contributed by atoms with van der Waals surface area (Å²) in [7, 11) is 0. The second kappa shape index (κ2) is 5.85. The van der Waals surface area contributed by atoms with E-state index >= 15 is 0 Å². The fraction of sp³-hybridized carbons (Fsp3) is 0.533. The maximum absolute atomic E-state index is 14.3. The highest BCUT2D eigenvalue weighted by molar-refractivity contribution is 7.80. The molecule has 2 fully saturated rings. The number of thiocarbonyl (C=S) groups is 1. The zero-order valence-corrected chi connectivity index (χ0v) is 12.6. The summed E-state index contributed by atoms with van der Waals surface area (Å²) < 4.78 is 28.6. The second-order valence-electron chi connectivity index (χ2n) is 5.78. The van der Waals surface area contributed by atoms with Crippen LogP contribution in [0.15, 0.2) is 12.1 Å². The lowest BCUT2D eigenvalue weighted by atomic mass is 10.1. The van der Waals surface area contributed by atoms with E-state index in [-0.39, 0.29) is 16.2 Å². The van der Waals surface area contributed by atoms with Gasteiger partial charge in [0.2, 0.25) is 0 Å². The molecule has 1 aromatic rings. The van der Waals surface area contributed by atoms with Gasteiger partial charge in [-0.2, -0.15) is 0 Å². The Morgan fingerprint density at radius 2 is 1.81 bits per heavy atom. The lowest BCUT2D eigenvalue weighted by Gasteiger charge is -2.28. The van der Waals surface area contributed by atoms with Crippen LogP contribution in [0.2, 0.25) is 0 Å². The monoisotopic (exact) mass is 311 g/mol. The van der Waals surface area contributed by atoms with Gasteiger partial charge in [-0.1, -0.05) is 12.2 Å². The molecule has 2 aliphatic rings. The van der Waals surface area contributed by atoms with Crippen LogP contribution in [0.3, 0.4) is 0 Å². The Kier molecular flexibility index (Phi) is 4.08. The fourth-order valence-electron chi connectivity index (χ4n) is 3.42. The largest absolute Gasteiger partial charge is 0.389 e. The maximum Gasteiger partial charge on any atom is 0.150 e. The van der Waals surface area contributed by atoms with Gasteiger partial charge in [0.25, 0.3) is 0 Å². The molecular formula is C15H19F2N3S. The number of nitrogens with two attached hydrogens (primary N) is 1. The van der Waals surface area contributed by atoms with E-state index in [0.717, 1.165) is 25.9 Å². The first-order valence-electron chi connectivity index (χ1n) is 7.34. The first-order chi connectivity index (χ1) is 10.1. The van der Waals surface area contributed by atoms with Crippen LogP contribution < -0.4 is 10.6 Å². The second-order valence-corrected chi connectivity index (χ2v) is 6.22. The van der Waals surface area contributed by atoms with E-state index in [1.165, 1.54) is 18.6 Å². The summed E-state index contributed by atoms with van der Waals surface area (Å²) in [4.78, 5) is 4.28. The van der Waals surface area contributed by atoms with Crippen molar-refractivity contribution in [1.29, 1.82) is 0 Å². The highest BCUT2D eigenvalue weighted by Crippen LogP contribution is 2.29. The summed E-state index contributed by atoms with van der Waals surface area (Å²) in [6.45, 7) is 3.47. The summed E-state index contributed by atoms with van der Waals surface area (Å²) in [6, 6.07) is 2.87. The average Bonchev–Trinajstić information content (AvgIpc) is 2.76. The van der Waals surface area contributed by atoms with E-state index in [2.05, 4.69) is 4.90 Å². The first-order valence-corrected chi connectivity index (χ1v) is 7.75. The van der Waals surface area contributed by atoms with Gasteiger partial charge < -0.3 is 10.6 Å². The molecule has 114 valence electrons. The van der Waals surface area contributed by atoms with Crippen molar-refractivity contribution in [2.75, 3.05) is 31.1 Å². The van der Waals surface area contributed by atoms with Crippen molar-refractivity contribution in [2.45, 2.75) is 25.3 Å². The van der Waals surface area contributed by atoms with E-state index in [0.29, 0.717) is 19.1 Å². The highest BCUT2D eigenvalue weighted by atomic mass is 32.1. The van der Waals surface area contributed by atoms with Crippen LogP contribution in [0.5, 0.6) is 0 Å². The minimum atomic E-state index is -0.579. The van der Waals surface area contributed by atoms with Gasteiger partial charge in [-0.3, -0.25) is 4.90 Å². The van der Waals surface area contributed by atoms with E-state index in [4.69, 9.17) is 18.0 Å². The zero-order chi connectivity index (χ0) is 15.0. The van der Waals surface area contributed by atoms with Crippen LogP contribution in [0.1, 0.15) is 24.8 Å². The van der Waals surface area contributed by atoms with Gasteiger partial charge in [0, 0.05) is 31.2 Å². The number of nitrogens with zero attached hydrogens (tertiary/aromatic N) is 2.